The third kappa shape index (κ3) is 18.6. The first kappa shape index (κ1) is 55.9. The maximum absolute atomic E-state index is 12.6. The molecule has 0 radical (unpaired) electrons. The number of rotatable bonds is 3. The van der Waals surface area contributed by atoms with E-state index in [9.17, 15) is 65.8 Å². The van der Waals surface area contributed by atoms with Gasteiger partial charge in [-0.15, -0.1) is 0 Å². The molecule has 0 aliphatic carbocycles. The molecule has 0 amide bonds. The summed E-state index contributed by atoms with van der Waals surface area (Å²) in [6, 6.07) is -1.15. The van der Waals surface area contributed by atoms with Gasteiger partial charge >= 0.3 is 11.9 Å². The normalized spacial score (nSPS) is 45.5. The minimum atomic E-state index is -2.33. The number of ether oxygens (including phenoxy) is 4. The van der Waals surface area contributed by atoms with E-state index in [1.807, 2.05) is 19.1 Å². The number of carboxylic acids is 1. The number of carboxylic acid groups (broad SMARTS) is 1. The molecule has 19 atom stereocenters. The Bertz CT molecular complexity index is 1670. The number of esters is 1. The van der Waals surface area contributed by atoms with Crippen molar-refractivity contribution in [2.45, 2.75) is 177 Å². The average Bonchev–Trinajstić information content (AvgIpc) is 3.21. The standard InChI is InChI=1S/C47H73NO17/c1-27-17-15-13-11-9-7-5-6-8-10-12-14-16-18-34(64-46-44(58)41(48)43(57)30(4)63-46)24-38-40(45(59)60)37(54)26-47(61,65-38)25-33(51)22-36(53)35(52)20-19-31(49)21-32(50)23-39(55)62-29(3)28(2)42(27)56/h5-18,27-38,40-44,46,49-54,56-58,61H,19-26,48H2,1-4H3,(H,59,60)/b6-5+,9-7+,10-8+,13-11+,14-12+,17-15+,18-16+/t27-,28-,29-,30+,31+,32+,33-,34-,35+,36+,37?,38?,40+,41-,42+,43+,44-,46?,47+/m0/s1. The Morgan fingerprint density at radius 2 is 1.23 bits per heavy atom. The lowest BCUT2D eigenvalue weighted by molar-refractivity contribution is -0.308. The number of aliphatic hydroxyl groups is 10. The number of aliphatic hydroxyl groups excluding tert-OH is 9. The van der Waals surface area contributed by atoms with Crippen molar-refractivity contribution in [3.63, 3.8) is 0 Å². The molecule has 18 heteroatoms. The van der Waals surface area contributed by atoms with Gasteiger partial charge in [0.1, 0.15) is 18.1 Å². The zero-order valence-electron chi connectivity index (χ0n) is 37.6. The van der Waals surface area contributed by atoms with Crippen LogP contribution in [0.5, 0.6) is 0 Å². The van der Waals surface area contributed by atoms with Crippen LogP contribution in [0.15, 0.2) is 85.1 Å². The summed E-state index contributed by atoms with van der Waals surface area (Å²) in [6.07, 6.45) is 3.46. The molecule has 2 saturated heterocycles. The van der Waals surface area contributed by atoms with Crippen molar-refractivity contribution in [3.05, 3.63) is 85.1 Å². The zero-order valence-corrected chi connectivity index (χ0v) is 37.6. The molecule has 3 rings (SSSR count). The van der Waals surface area contributed by atoms with Gasteiger partial charge in [0.05, 0.1) is 79.6 Å². The molecule has 2 bridgehead atoms. The van der Waals surface area contributed by atoms with Crippen molar-refractivity contribution >= 4 is 11.9 Å². The van der Waals surface area contributed by atoms with E-state index >= 15 is 0 Å². The fraction of sp³-hybridized carbons (Fsp3) is 0.660. The SMILES string of the molecule is C[C@@H]1[C@H](O)[C@@H](C)/C=C/C=C/C=C/C=C/C=C/C=C/C=C/[C@H](OC2O[C@H](C)[C@@H](O)[C@H](N)[C@@H]2O)CC2O[C@@](O)(CC(O)[C@H]2C(=O)O)C[C@@H](O)C[C@@H](O)[C@H](O)CC[C@@H](O)C[C@@H](O)CC(=O)O[C@H]1C. The third-order valence-corrected chi connectivity index (χ3v) is 12.0. The molecule has 13 N–H and O–H groups in total. The van der Waals surface area contributed by atoms with Crippen molar-refractivity contribution in [3.8, 4) is 0 Å². The van der Waals surface area contributed by atoms with Crippen LogP contribution in [0.2, 0.25) is 0 Å². The van der Waals surface area contributed by atoms with Crippen LogP contribution in [0.25, 0.3) is 0 Å². The van der Waals surface area contributed by atoms with E-state index in [2.05, 4.69) is 0 Å². The van der Waals surface area contributed by atoms with Gasteiger partial charge in [-0.05, 0) is 33.1 Å². The highest BCUT2D eigenvalue weighted by Gasteiger charge is 2.51. The molecule has 2 fully saturated rings. The molecule has 3 heterocycles. The maximum atomic E-state index is 12.6. The van der Waals surface area contributed by atoms with Crippen LogP contribution in [0, 0.1) is 17.8 Å². The Balaban J connectivity index is 1.86. The highest BCUT2D eigenvalue weighted by molar-refractivity contribution is 5.71. The Morgan fingerprint density at radius 1 is 0.662 bits per heavy atom. The fourth-order valence-electron chi connectivity index (χ4n) is 7.97. The molecule has 3 aliphatic rings. The number of nitrogens with two attached hydrogens (primary N) is 1. The van der Waals surface area contributed by atoms with E-state index in [0.29, 0.717) is 0 Å². The van der Waals surface area contributed by atoms with Gasteiger partial charge in [-0.1, -0.05) is 98.9 Å². The first-order chi connectivity index (χ1) is 30.6. The number of carbonyl (C=O) groups excluding carboxylic acids is 1. The number of aliphatic carboxylic acids is 1. The highest BCUT2D eigenvalue weighted by Crippen LogP contribution is 2.38. The minimum Gasteiger partial charge on any atom is -0.481 e. The van der Waals surface area contributed by atoms with Crippen molar-refractivity contribution in [2.24, 2.45) is 23.5 Å². The fourth-order valence-corrected chi connectivity index (χ4v) is 7.97. The quantitative estimate of drug-likeness (QED) is 0.174. The van der Waals surface area contributed by atoms with Crippen molar-refractivity contribution in [1.82, 2.24) is 0 Å². The van der Waals surface area contributed by atoms with Crippen LogP contribution in [-0.4, -0.2) is 166 Å². The molecule has 0 aromatic carbocycles. The van der Waals surface area contributed by atoms with Crippen molar-refractivity contribution < 1.29 is 84.7 Å². The van der Waals surface area contributed by atoms with Crippen LogP contribution in [0.1, 0.15) is 79.1 Å². The topological polar surface area (TPSA) is 320 Å². The Labute approximate surface area is 381 Å². The molecule has 3 unspecified atom stereocenters. The largest absolute Gasteiger partial charge is 0.481 e. The monoisotopic (exact) mass is 923 g/mol. The maximum Gasteiger partial charge on any atom is 0.311 e. The summed E-state index contributed by atoms with van der Waals surface area (Å²) >= 11 is 0. The average molecular weight is 924 g/mol. The van der Waals surface area contributed by atoms with E-state index < -0.39 is 147 Å². The van der Waals surface area contributed by atoms with Crippen LogP contribution in [0.4, 0.5) is 0 Å². The van der Waals surface area contributed by atoms with Crippen molar-refractivity contribution in [2.75, 3.05) is 0 Å². The summed E-state index contributed by atoms with van der Waals surface area (Å²) in [6.45, 7) is 6.74. The van der Waals surface area contributed by atoms with Gasteiger partial charge in [0.2, 0.25) is 0 Å². The number of carbonyl (C=O) groups is 2. The lowest BCUT2D eigenvalue weighted by atomic mass is 9.82. The summed E-state index contributed by atoms with van der Waals surface area (Å²) in [4.78, 5) is 25.1. The molecule has 18 nitrogen and oxygen atoms in total. The Morgan fingerprint density at radius 3 is 1.82 bits per heavy atom. The number of allylic oxidation sites excluding steroid dienone is 12. The Kier molecular flexibility index (Phi) is 23.6. The van der Waals surface area contributed by atoms with Gasteiger partial charge in [0.25, 0.3) is 0 Å². The lowest BCUT2D eigenvalue weighted by Crippen LogP contribution is -2.61. The van der Waals surface area contributed by atoms with Gasteiger partial charge in [-0.25, -0.2) is 0 Å². The summed E-state index contributed by atoms with van der Waals surface area (Å²) in [5, 5.41) is 118. The summed E-state index contributed by atoms with van der Waals surface area (Å²) in [7, 11) is 0. The van der Waals surface area contributed by atoms with Crippen LogP contribution in [-0.2, 0) is 28.5 Å². The number of hydrogen-bond donors (Lipinski definition) is 12. The molecule has 0 aromatic rings. The predicted octanol–water partition coefficient (Wildman–Crippen LogP) is 0.712. The summed E-state index contributed by atoms with van der Waals surface area (Å²) in [5.41, 5.74) is 6.02. The zero-order chi connectivity index (χ0) is 48.4. The van der Waals surface area contributed by atoms with Gasteiger partial charge in [0, 0.05) is 37.5 Å². The van der Waals surface area contributed by atoms with Crippen LogP contribution in [0.3, 0.4) is 0 Å². The number of hydrogen-bond acceptors (Lipinski definition) is 17. The molecule has 0 spiro atoms. The van der Waals surface area contributed by atoms with E-state index in [0.717, 1.165) is 0 Å². The number of cyclic esters (lactones) is 1. The highest BCUT2D eigenvalue weighted by atomic mass is 16.7. The van der Waals surface area contributed by atoms with Gasteiger partial charge in [-0.3, -0.25) is 9.59 Å². The molecular weight excluding hydrogens is 851 g/mol. The Hall–Kier alpha value is -3.44. The van der Waals surface area contributed by atoms with Gasteiger partial charge < -0.3 is 80.9 Å². The molecule has 0 saturated carbocycles. The molecular formula is C47H73NO17. The lowest BCUT2D eigenvalue weighted by Gasteiger charge is -2.45. The summed E-state index contributed by atoms with van der Waals surface area (Å²) in [5.74, 6) is -6.83. The first-order valence-corrected chi connectivity index (χ1v) is 22.3. The first-order valence-electron chi connectivity index (χ1n) is 22.3. The molecule has 3 aliphatic heterocycles. The molecule has 65 heavy (non-hydrogen) atoms. The third-order valence-electron chi connectivity index (χ3n) is 12.0. The van der Waals surface area contributed by atoms with E-state index in [-0.39, 0.29) is 31.6 Å². The van der Waals surface area contributed by atoms with Crippen molar-refractivity contribution in [1.29, 1.82) is 0 Å². The number of fused-ring (bicyclic) bond motifs is 2. The second-order valence-electron chi connectivity index (χ2n) is 17.6. The second-order valence-corrected chi connectivity index (χ2v) is 17.6. The minimum absolute atomic E-state index is 0.107. The second kappa shape index (κ2) is 27.4. The van der Waals surface area contributed by atoms with Gasteiger partial charge in [-0.2, -0.15) is 0 Å². The molecule has 0 aromatic heterocycles. The van der Waals surface area contributed by atoms with Gasteiger partial charge in [0.15, 0.2) is 12.1 Å². The molecule has 368 valence electrons. The van der Waals surface area contributed by atoms with E-state index in [1.54, 1.807) is 80.7 Å². The van der Waals surface area contributed by atoms with E-state index in [4.69, 9.17) is 24.7 Å². The predicted molar refractivity (Wildman–Crippen MR) is 237 cm³/mol. The van der Waals surface area contributed by atoms with E-state index in [1.165, 1.54) is 13.0 Å². The van der Waals surface area contributed by atoms with Crippen LogP contribution >= 0.6 is 0 Å². The summed E-state index contributed by atoms with van der Waals surface area (Å²) < 4.78 is 23.1. The van der Waals surface area contributed by atoms with Crippen LogP contribution < -0.4 is 5.73 Å². The smallest absolute Gasteiger partial charge is 0.311 e.